The number of hydrogen-bond donors (Lipinski definition) is 1. The predicted molar refractivity (Wildman–Crippen MR) is 108 cm³/mol. The molecule has 28 heavy (non-hydrogen) atoms. The summed E-state index contributed by atoms with van der Waals surface area (Å²) in [4.78, 5) is 25.3. The lowest BCUT2D eigenvalue weighted by atomic mass is 10.2. The molecule has 0 aliphatic rings. The third-order valence-corrected chi connectivity index (χ3v) is 4.63. The van der Waals surface area contributed by atoms with Crippen molar-refractivity contribution < 1.29 is 14.3 Å². The highest BCUT2D eigenvalue weighted by Gasteiger charge is 2.16. The van der Waals surface area contributed by atoms with E-state index in [0.717, 1.165) is 23.0 Å². The lowest BCUT2D eigenvalue weighted by molar-refractivity contribution is -0.121. The van der Waals surface area contributed by atoms with Crippen LogP contribution in [-0.2, 0) is 24.4 Å². The summed E-state index contributed by atoms with van der Waals surface area (Å²) in [5.41, 5.74) is 2.24. The Balaban J connectivity index is 1.80. The minimum absolute atomic E-state index is 0.0393. The number of nitrogens with zero attached hydrogens (tertiary/aromatic N) is 2. The quantitative estimate of drug-likeness (QED) is 0.649. The zero-order chi connectivity index (χ0) is 20.1. The van der Waals surface area contributed by atoms with Crippen LogP contribution in [0.3, 0.4) is 0 Å². The first kappa shape index (κ1) is 19.5. The van der Waals surface area contributed by atoms with Crippen LogP contribution in [0.15, 0.2) is 47.3 Å². The van der Waals surface area contributed by atoms with Crippen LogP contribution in [0.2, 0.25) is 0 Å². The van der Waals surface area contributed by atoms with Gasteiger partial charge in [-0.3, -0.25) is 13.9 Å². The average molecular weight is 383 g/mol. The fraction of sp³-hybridized carbons (Fsp3) is 0.333. The lowest BCUT2D eigenvalue weighted by Crippen LogP contribution is -2.33. The second-order valence-corrected chi connectivity index (χ2v) is 6.44. The third kappa shape index (κ3) is 3.74. The van der Waals surface area contributed by atoms with Gasteiger partial charge in [-0.25, -0.2) is 4.79 Å². The smallest absolute Gasteiger partial charge is 0.329 e. The highest BCUT2D eigenvalue weighted by atomic mass is 16.5. The molecule has 148 valence electrons. The molecular weight excluding hydrogens is 358 g/mol. The fourth-order valence-corrected chi connectivity index (χ4v) is 3.35. The van der Waals surface area contributed by atoms with Crippen molar-refractivity contribution in [1.82, 2.24) is 14.5 Å². The second-order valence-electron chi connectivity index (χ2n) is 6.44. The van der Waals surface area contributed by atoms with Crippen LogP contribution >= 0.6 is 0 Å². The molecule has 0 saturated heterocycles. The summed E-state index contributed by atoms with van der Waals surface area (Å²) in [6.45, 7) is 2.88. The molecule has 1 amide bonds. The van der Waals surface area contributed by atoms with Crippen molar-refractivity contribution in [3.8, 4) is 11.5 Å². The molecule has 1 heterocycles. The number of imidazole rings is 1. The van der Waals surface area contributed by atoms with Crippen molar-refractivity contribution in [3.05, 3.63) is 58.5 Å². The van der Waals surface area contributed by atoms with Gasteiger partial charge in [0.25, 0.3) is 0 Å². The van der Waals surface area contributed by atoms with Gasteiger partial charge >= 0.3 is 5.69 Å². The standard InChI is InChI=1S/C21H25N3O4/c1-4-12-23-16-9-5-6-10-17(16)24(21(23)26)14-19(25)22-13-15-8-7-11-18(27-2)20(15)28-3/h5-11H,4,12-14H2,1-3H3,(H,22,25). The van der Waals surface area contributed by atoms with Gasteiger partial charge in [0, 0.05) is 18.7 Å². The van der Waals surface area contributed by atoms with Gasteiger partial charge in [0.15, 0.2) is 11.5 Å². The highest BCUT2D eigenvalue weighted by molar-refractivity contribution is 5.81. The fourth-order valence-electron chi connectivity index (χ4n) is 3.35. The molecule has 0 atom stereocenters. The Labute approximate surface area is 163 Å². The van der Waals surface area contributed by atoms with Crippen molar-refractivity contribution in [2.24, 2.45) is 0 Å². The molecule has 0 bridgehead atoms. The van der Waals surface area contributed by atoms with Crippen LogP contribution in [0.1, 0.15) is 18.9 Å². The number of benzene rings is 2. The van der Waals surface area contributed by atoms with Gasteiger partial charge in [0.1, 0.15) is 6.54 Å². The Kier molecular flexibility index (Phi) is 6.03. The van der Waals surface area contributed by atoms with E-state index >= 15 is 0 Å². The van der Waals surface area contributed by atoms with E-state index in [9.17, 15) is 9.59 Å². The minimum Gasteiger partial charge on any atom is -0.493 e. The molecule has 2 aromatic carbocycles. The molecule has 3 rings (SSSR count). The lowest BCUT2D eigenvalue weighted by Gasteiger charge is -2.13. The molecule has 0 radical (unpaired) electrons. The first-order chi connectivity index (χ1) is 13.6. The van der Waals surface area contributed by atoms with Crippen molar-refractivity contribution >= 4 is 16.9 Å². The van der Waals surface area contributed by atoms with Crippen molar-refractivity contribution in [2.45, 2.75) is 33.0 Å². The van der Waals surface area contributed by atoms with Crippen LogP contribution in [0.25, 0.3) is 11.0 Å². The first-order valence-corrected chi connectivity index (χ1v) is 9.25. The van der Waals surface area contributed by atoms with Crippen LogP contribution < -0.4 is 20.5 Å². The molecule has 0 unspecified atom stereocenters. The van der Waals surface area contributed by atoms with Crippen molar-refractivity contribution in [1.29, 1.82) is 0 Å². The summed E-state index contributed by atoms with van der Waals surface area (Å²) >= 11 is 0. The van der Waals surface area contributed by atoms with E-state index in [4.69, 9.17) is 9.47 Å². The molecular formula is C21H25N3O4. The number of hydrogen-bond acceptors (Lipinski definition) is 4. The van der Waals surface area contributed by atoms with E-state index in [1.807, 2.05) is 43.3 Å². The van der Waals surface area contributed by atoms with E-state index in [1.54, 1.807) is 24.9 Å². The number of aryl methyl sites for hydroxylation is 1. The Morgan fingerprint density at radius 1 is 1.00 bits per heavy atom. The number of carbonyl (C=O) groups is 1. The van der Waals surface area contributed by atoms with E-state index < -0.39 is 0 Å². The number of amides is 1. The van der Waals surface area contributed by atoms with E-state index in [1.165, 1.54) is 4.57 Å². The van der Waals surface area contributed by atoms with Crippen LogP contribution in [0.4, 0.5) is 0 Å². The number of para-hydroxylation sites is 3. The Morgan fingerprint density at radius 2 is 1.71 bits per heavy atom. The van der Waals surface area contributed by atoms with Crippen LogP contribution in [-0.4, -0.2) is 29.3 Å². The molecule has 7 nitrogen and oxygen atoms in total. The summed E-state index contributed by atoms with van der Waals surface area (Å²) < 4.78 is 13.9. The predicted octanol–water partition coefficient (Wildman–Crippen LogP) is 2.55. The molecule has 7 heteroatoms. The normalized spacial score (nSPS) is 10.8. The zero-order valence-electron chi connectivity index (χ0n) is 16.4. The summed E-state index contributed by atoms with van der Waals surface area (Å²) in [5, 5.41) is 2.86. The summed E-state index contributed by atoms with van der Waals surface area (Å²) in [6.07, 6.45) is 0.843. The van der Waals surface area contributed by atoms with Gasteiger partial charge in [-0.2, -0.15) is 0 Å². The molecule has 0 fully saturated rings. The van der Waals surface area contributed by atoms with E-state index in [2.05, 4.69) is 5.32 Å². The Bertz CT molecular complexity index is 1040. The van der Waals surface area contributed by atoms with Gasteiger partial charge in [-0.15, -0.1) is 0 Å². The van der Waals surface area contributed by atoms with Gasteiger partial charge in [0.05, 0.1) is 25.3 Å². The molecule has 0 aliphatic heterocycles. The summed E-state index contributed by atoms with van der Waals surface area (Å²) in [5.74, 6) is 0.946. The van der Waals surface area contributed by atoms with Gasteiger partial charge in [-0.1, -0.05) is 31.2 Å². The zero-order valence-corrected chi connectivity index (χ0v) is 16.4. The number of ether oxygens (including phenoxy) is 2. The molecule has 0 saturated carbocycles. The maximum Gasteiger partial charge on any atom is 0.329 e. The SMILES string of the molecule is CCCn1c(=O)n(CC(=O)NCc2cccc(OC)c2OC)c2ccccc21. The maximum atomic E-state index is 12.8. The molecule has 3 aromatic rings. The minimum atomic E-state index is -0.244. The number of rotatable bonds is 8. The number of fused-ring (bicyclic) bond motifs is 1. The molecule has 1 aromatic heterocycles. The summed E-state index contributed by atoms with van der Waals surface area (Å²) in [7, 11) is 3.13. The Hall–Kier alpha value is -3.22. The van der Waals surface area contributed by atoms with Gasteiger partial charge in [-0.05, 0) is 24.6 Å². The van der Waals surface area contributed by atoms with E-state index in [-0.39, 0.29) is 24.7 Å². The number of carbonyl (C=O) groups excluding carboxylic acids is 1. The van der Waals surface area contributed by atoms with Gasteiger partial charge < -0.3 is 14.8 Å². The number of methoxy groups -OCH3 is 2. The third-order valence-electron chi connectivity index (χ3n) is 4.63. The first-order valence-electron chi connectivity index (χ1n) is 9.25. The largest absolute Gasteiger partial charge is 0.493 e. The average Bonchev–Trinajstić information content (AvgIpc) is 2.98. The second kappa shape index (κ2) is 8.65. The number of nitrogens with one attached hydrogen (secondary N) is 1. The maximum absolute atomic E-state index is 12.8. The monoisotopic (exact) mass is 383 g/mol. The molecule has 1 N–H and O–H groups in total. The molecule has 0 spiro atoms. The number of aromatic nitrogens is 2. The Morgan fingerprint density at radius 3 is 2.36 bits per heavy atom. The van der Waals surface area contributed by atoms with Crippen LogP contribution in [0.5, 0.6) is 11.5 Å². The molecule has 0 aliphatic carbocycles. The van der Waals surface area contributed by atoms with Crippen molar-refractivity contribution in [2.75, 3.05) is 14.2 Å². The van der Waals surface area contributed by atoms with E-state index in [0.29, 0.717) is 18.0 Å². The topological polar surface area (TPSA) is 74.5 Å². The van der Waals surface area contributed by atoms with Crippen LogP contribution in [0, 0.1) is 0 Å². The van der Waals surface area contributed by atoms with Crippen molar-refractivity contribution in [3.63, 3.8) is 0 Å². The highest BCUT2D eigenvalue weighted by Crippen LogP contribution is 2.30. The summed E-state index contributed by atoms with van der Waals surface area (Å²) in [6, 6.07) is 13.0. The van der Waals surface area contributed by atoms with Gasteiger partial charge in [0.2, 0.25) is 5.91 Å².